The van der Waals surface area contributed by atoms with Crippen LogP contribution in [0, 0.1) is 6.92 Å². The Morgan fingerprint density at radius 1 is 1.00 bits per heavy atom. The van der Waals surface area contributed by atoms with E-state index in [-0.39, 0.29) is 24.3 Å². The van der Waals surface area contributed by atoms with E-state index in [0.29, 0.717) is 37.2 Å². The lowest BCUT2D eigenvalue weighted by atomic mass is 9.88. The number of amides is 2. The quantitative estimate of drug-likeness (QED) is 0.577. The van der Waals surface area contributed by atoms with E-state index in [0.717, 1.165) is 36.3 Å². The lowest BCUT2D eigenvalue weighted by molar-refractivity contribution is -0.137. The minimum absolute atomic E-state index is 0.112. The second-order valence-corrected chi connectivity index (χ2v) is 9.81. The van der Waals surface area contributed by atoms with Gasteiger partial charge in [-0.15, -0.1) is 0 Å². The van der Waals surface area contributed by atoms with E-state index in [4.69, 9.17) is 0 Å². The molecule has 0 aliphatic carbocycles. The average Bonchev–Trinajstić information content (AvgIpc) is 2.83. The van der Waals surface area contributed by atoms with Crippen LogP contribution in [0.3, 0.4) is 0 Å². The summed E-state index contributed by atoms with van der Waals surface area (Å²) < 4.78 is 38.5. The Morgan fingerprint density at radius 3 is 2.22 bits per heavy atom. The Bertz CT molecular complexity index is 1050. The third-order valence-electron chi connectivity index (χ3n) is 6.59. The number of nitrogens with zero attached hydrogens (tertiary/aromatic N) is 3. The zero-order chi connectivity index (χ0) is 26.5. The molecule has 196 valence electrons. The Hall–Kier alpha value is -2.91. The van der Waals surface area contributed by atoms with Crippen LogP contribution in [0.25, 0.3) is 0 Å². The monoisotopic (exact) mass is 504 g/mol. The Labute approximate surface area is 211 Å². The van der Waals surface area contributed by atoms with Crippen molar-refractivity contribution < 1.29 is 22.8 Å². The molecule has 1 heterocycles. The highest BCUT2D eigenvalue weighted by Crippen LogP contribution is 2.33. The topological polar surface area (TPSA) is 55.9 Å². The SMILES string of the molecule is Cc1ccc(C(=O)N2CCC(c3ccc(C(F)(F)F)cc3)CC2)cc1NC(=O)CN(C)CCN(C)C. The van der Waals surface area contributed by atoms with Crippen LogP contribution in [0.2, 0.25) is 0 Å². The summed E-state index contributed by atoms with van der Waals surface area (Å²) >= 11 is 0. The maximum atomic E-state index is 13.1. The van der Waals surface area contributed by atoms with Gasteiger partial charge < -0.3 is 15.1 Å². The van der Waals surface area contributed by atoms with Crippen LogP contribution in [0.5, 0.6) is 0 Å². The number of aryl methyl sites for hydroxylation is 1. The first-order valence-electron chi connectivity index (χ1n) is 12.1. The number of rotatable bonds is 8. The third kappa shape index (κ3) is 7.54. The number of halogens is 3. The van der Waals surface area contributed by atoms with Gasteiger partial charge in [0.05, 0.1) is 12.1 Å². The predicted octanol–water partition coefficient (Wildman–Crippen LogP) is 4.47. The number of nitrogens with one attached hydrogen (secondary N) is 1. The van der Waals surface area contributed by atoms with Crippen LogP contribution < -0.4 is 5.32 Å². The van der Waals surface area contributed by atoms with Gasteiger partial charge in [-0.3, -0.25) is 14.5 Å². The molecule has 9 heteroatoms. The van der Waals surface area contributed by atoms with Crippen molar-refractivity contribution in [3.05, 3.63) is 64.7 Å². The number of piperidine rings is 1. The van der Waals surface area contributed by atoms with E-state index >= 15 is 0 Å². The molecular formula is C27H35F3N4O2. The number of anilines is 1. The maximum Gasteiger partial charge on any atom is 0.416 e. The molecule has 0 unspecified atom stereocenters. The van der Waals surface area contributed by atoms with Crippen molar-refractivity contribution in [2.24, 2.45) is 0 Å². The van der Waals surface area contributed by atoms with Crippen molar-refractivity contribution in [1.29, 1.82) is 0 Å². The van der Waals surface area contributed by atoms with Crippen LogP contribution in [0.15, 0.2) is 42.5 Å². The molecule has 0 aromatic heterocycles. The molecule has 1 aliphatic rings. The van der Waals surface area contributed by atoms with Crippen molar-refractivity contribution in [3.63, 3.8) is 0 Å². The molecule has 3 rings (SSSR count). The van der Waals surface area contributed by atoms with Crippen molar-refractivity contribution in [2.75, 3.05) is 59.2 Å². The standard InChI is InChI=1S/C27H35F3N4O2/c1-19-5-6-22(17-24(19)31-25(35)18-33(4)16-15-32(2)3)26(36)34-13-11-21(12-14-34)20-7-9-23(10-8-20)27(28,29)30/h5-10,17,21H,11-16,18H2,1-4H3,(H,31,35). The molecule has 2 aromatic rings. The smallest absolute Gasteiger partial charge is 0.339 e. The van der Waals surface area contributed by atoms with Gasteiger partial charge in [-0.1, -0.05) is 18.2 Å². The Morgan fingerprint density at radius 2 is 1.64 bits per heavy atom. The highest BCUT2D eigenvalue weighted by atomic mass is 19.4. The lowest BCUT2D eigenvalue weighted by Gasteiger charge is -2.32. The molecule has 36 heavy (non-hydrogen) atoms. The first-order valence-corrected chi connectivity index (χ1v) is 12.1. The van der Waals surface area contributed by atoms with E-state index in [9.17, 15) is 22.8 Å². The number of hydrogen-bond acceptors (Lipinski definition) is 4. The summed E-state index contributed by atoms with van der Waals surface area (Å²) in [7, 11) is 5.86. The summed E-state index contributed by atoms with van der Waals surface area (Å²) in [6, 6.07) is 10.6. The molecule has 0 bridgehead atoms. The summed E-state index contributed by atoms with van der Waals surface area (Å²) in [4.78, 5) is 31.4. The highest BCUT2D eigenvalue weighted by Gasteiger charge is 2.31. The van der Waals surface area contributed by atoms with Crippen LogP contribution in [-0.2, 0) is 11.0 Å². The molecular weight excluding hydrogens is 469 g/mol. The van der Waals surface area contributed by atoms with Gasteiger partial charge in [0, 0.05) is 37.4 Å². The molecule has 1 N–H and O–H groups in total. The van der Waals surface area contributed by atoms with E-state index in [1.54, 1.807) is 17.0 Å². The summed E-state index contributed by atoms with van der Waals surface area (Å²) in [5, 5.41) is 2.93. The van der Waals surface area contributed by atoms with Gasteiger partial charge in [-0.25, -0.2) is 0 Å². The molecule has 6 nitrogen and oxygen atoms in total. The van der Waals surface area contributed by atoms with Crippen molar-refractivity contribution in [2.45, 2.75) is 31.9 Å². The summed E-state index contributed by atoms with van der Waals surface area (Å²) in [5.41, 5.74) is 2.21. The first-order chi connectivity index (χ1) is 16.9. The molecule has 0 atom stereocenters. The second kappa shape index (κ2) is 11.9. The Balaban J connectivity index is 1.57. The molecule has 0 spiro atoms. The molecule has 0 saturated carbocycles. The van der Waals surface area contributed by atoms with E-state index in [1.807, 2.05) is 39.0 Å². The average molecular weight is 505 g/mol. The van der Waals surface area contributed by atoms with Crippen molar-refractivity contribution in [3.8, 4) is 0 Å². The third-order valence-corrected chi connectivity index (χ3v) is 6.59. The molecule has 1 saturated heterocycles. The normalized spacial score (nSPS) is 15.0. The van der Waals surface area contributed by atoms with Gasteiger partial charge in [0.25, 0.3) is 5.91 Å². The summed E-state index contributed by atoms with van der Waals surface area (Å²) in [5.74, 6) is -0.130. The second-order valence-electron chi connectivity index (χ2n) is 9.81. The fourth-order valence-corrected chi connectivity index (χ4v) is 4.32. The lowest BCUT2D eigenvalue weighted by Crippen LogP contribution is -2.38. The van der Waals surface area contributed by atoms with Gasteiger partial charge in [-0.2, -0.15) is 13.2 Å². The first kappa shape index (κ1) is 27.7. The van der Waals surface area contributed by atoms with E-state index in [1.165, 1.54) is 12.1 Å². The molecule has 2 aromatic carbocycles. The minimum Gasteiger partial charge on any atom is -0.339 e. The number of benzene rings is 2. The number of likely N-dealkylation sites (N-methyl/N-ethyl adjacent to an activating group) is 2. The van der Waals surface area contributed by atoms with Gasteiger partial charge in [0.1, 0.15) is 0 Å². The molecule has 1 aliphatic heterocycles. The zero-order valence-corrected chi connectivity index (χ0v) is 21.4. The largest absolute Gasteiger partial charge is 0.416 e. The van der Waals surface area contributed by atoms with Crippen LogP contribution in [-0.4, -0.2) is 80.4 Å². The van der Waals surface area contributed by atoms with Crippen LogP contribution in [0.4, 0.5) is 18.9 Å². The maximum absolute atomic E-state index is 13.1. The summed E-state index contributed by atoms with van der Waals surface area (Å²) in [6.45, 7) is 4.80. The number of likely N-dealkylation sites (tertiary alicyclic amines) is 1. The van der Waals surface area contributed by atoms with Gasteiger partial charge in [0.15, 0.2) is 0 Å². The Kier molecular flexibility index (Phi) is 9.13. The van der Waals surface area contributed by atoms with Crippen LogP contribution in [0.1, 0.15) is 45.8 Å². The highest BCUT2D eigenvalue weighted by molar-refractivity contribution is 5.98. The van der Waals surface area contributed by atoms with Gasteiger partial charge in [-0.05, 0) is 82.2 Å². The number of carbonyl (C=O) groups excluding carboxylic acids is 2. The minimum atomic E-state index is -4.34. The fraction of sp³-hybridized carbons (Fsp3) is 0.481. The van der Waals surface area contributed by atoms with Crippen molar-refractivity contribution in [1.82, 2.24) is 14.7 Å². The number of carbonyl (C=O) groups is 2. The fourth-order valence-electron chi connectivity index (χ4n) is 4.32. The van der Waals surface area contributed by atoms with E-state index < -0.39 is 11.7 Å². The van der Waals surface area contributed by atoms with Gasteiger partial charge >= 0.3 is 6.18 Å². The van der Waals surface area contributed by atoms with Crippen LogP contribution >= 0.6 is 0 Å². The molecule has 2 amide bonds. The predicted molar refractivity (Wildman–Crippen MR) is 135 cm³/mol. The number of hydrogen-bond donors (Lipinski definition) is 1. The summed E-state index contributed by atoms with van der Waals surface area (Å²) in [6.07, 6.45) is -2.97. The van der Waals surface area contributed by atoms with Crippen molar-refractivity contribution >= 4 is 17.5 Å². The molecule has 0 radical (unpaired) electrons. The zero-order valence-electron chi connectivity index (χ0n) is 21.4. The van der Waals surface area contributed by atoms with Gasteiger partial charge in [0.2, 0.25) is 5.91 Å². The van der Waals surface area contributed by atoms with E-state index in [2.05, 4.69) is 10.2 Å². The number of alkyl halides is 3. The molecule has 1 fully saturated rings.